The molecule has 3 aliphatic rings. The van der Waals surface area contributed by atoms with Gasteiger partial charge in [-0.25, -0.2) is 0 Å². The van der Waals surface area contributed by atoms with Crippen LogP contribution in [-0.2, 0) is 0 Å². The van der Waals surface area contributed by atoms with E-state index >= 15 is 0 Å². The molecule has 3 saturated carbocycles. The van der Waals surface area contributed by atoms with Crippen molar-refractivity contribution in [2.24, 2.45) is 45.4 Å². The molecule has 3 heteroatoms. The van der Waals surface area contributed by atoms with Gasteiger partial charge in [0.1, 0.15) is 0 Å². The van der Waals surface area contributed by atoms with Gasteiger partial charge in [0.15, 0.2) is 5.17 Å². The molecular formula is C24H44N2S. The van der Waals surface area contributed by atoms with Gasteiger partial charge in [0.25, 0.3) is 0 Å². The molecule has 5 atom stereocenters. The lowest BCUT2D eigenvalue weighted by molar-refractivity contribution is 0.126. The second-order valence-corrected chi connectivity index (χ2v) is 12.0. The van der Waals surface area contributed by atoms with E-state index in [4.69, 9.17) is 4.99 Å². The van der Waals surface area contributed by atoms with Crippen LogP contribution in [0, 0.1) is 40.4 Å². The van der Waals surface area contributed by atoms with Crippen LogP contribution < -0.4 is 5.32 Å². The normalized spacial score (nSPS) is 41.6. The van der Waals surface area contributed by atoms with Gasteiger partial charge in [0, 0.05) is 6.04 Å². The molecule has 0 amide bonds. The Labute approximate surface area is 173 Å². The molecule has 2 nitrogen and oxygen atoms in total. The fourth-order valence-corrected chi connectivity index (χ4v) is 7.25. The van der Waals surface area contributed by atoms with E-state index in [1.807, 2.05) is 11.8 Å². The Kier molecular flexibility index (Phi) is 6.31. The molecule has 3 rings (SSSR count). The highest BCUT2D eigenvalue weighted by atomic mass is 32.2. The van der Waals surface area contributed by atoms with Crippen molar-refractivity contribution in [1.29, 1.82) is 0 Å². The van der Waals surface area contributed by atoms with E-state index in [9.17, 15) is 0 Å². The number of hydrogen-bond donors (Lipinski definition) is 1. The van der Waals surface area contributed by atoms with Crippen molar-refractivity contribution in [1.82, 2.24) is 5.32 Å². The fourth-order valence-electron chi connectivity index (χ4n) is 6.77. The van der Waals surface area contributed by atoms with Crippen LogP contribution in [0.25, 0.3) is 0 Å². The van der Waals surface area contributed by atoms with Crippen molar-refractivity contribution in [3.63, 3.8) is 0 Å². The molecule has 27 heavy (non-hydrogen) atoms. The second-order valence-electron chi connectivity index (χ2n) is 11.2. The van der Waals surface area contributed by atoms with E-state index < -0.39 is 0 Å². The van der Waals surface area contributed by atoms with Gasteiger partial charge in [-0.1, -0.05) is 66.6 Å². The Morgan fingerprint density at radius 3 is 2.00 bits per heavy atom. The highest BCUT2D eigenvalue weighted by molar-refractivity contribution is 8.13. The molecule has 0 saturated heterocycles. The van der Waals surface area contributed by atoms with Crippen LogP contribution in [0.1, 0.15) is 87.0 Å². The third-order valence-corrected chi connectivity index (χ3v) is 9.82. The lowest BCUT2D eigenvalue weighted by atomic mass is 9.68. The number of rotatable bonds is 4. The summed E-state index contributed by atoms with van der Waals surface area (Å²) >= 11 is 1.84. The molecule has 0 aromatic rings. The Morgan fingerprint density at radius 1 is 1.00 bits per heavy atom. The minimum Gasteiger partial charge on any atom is -0.362 e. The number of aliphatic imine (C=N–C) groups is 1. The monoisotopic (exact) mass is 392 g/mol. The average molecular weight is 393 g/mol. The summed E-state index contributed by atoms with van der Waals surface area (Å²) in [4.78, 5) is 5.39. The van der Waals surface area contributed by atoms with Gasteiger partial charge in [-0.3, -0.25) is 4.99 Å². The summed E-state index contributed by atoms with van der Waals surface area (Å²) < 4.78 is 0. The zero-order valence-corrected chi connectivity index (χ0v) is 20.0. The molecular weight excluding hydrogens is 348 g/mol. The van der Waals surface area contributed by atoms with Crippen LogP contribution in [0.2, 0.25) is 0 Å². The third kappa shape index (κ3) is 3.71. The number of thioether (sulfide) groups is 1. The molecule has 0 aliphatic heterocycles. The average Bonchev–Trinajstić information content (AvgIpc) is 2.94. The highest BCUT2D eigenvalue weighted by Crippen LogP contribution is 2.66. The van der Waals surface area contributed by atoms with E-state index in [0.717, 1.165) is 29.6 Å². The minimum atomic E-state index is 0.377. The van der Waals surface area contributed by atoms with E-state index in [-0.39, 0.29) is 0 Å². The topological polar surface area (TPSA) is 24.4 Å². The quantitative estimate of drug-likeness (QED) is 0.430. The van der Waals surface area contributed by atoms with Gasteiger partial charge in [-0.2, -0.15) is 0 Å². The van der Waals surface area contributed by atoms with Crippen LogP contribution in [-0.4, -0.2) is 23.5 Å². The maximum atomic E-state index is 5.39. The number of nitrogens with one attached hydrogen (secondary N) is 1. The van der Waals surface area contributed by atoms with Crippen molar-refractivity contribution in [2.45, 2.75) is 99.1 Å². The predicted octanol–water partition coefficient (Wildman–Crippen LogP) is 6.61. The molecule has 3 aliphatic carbocycles. The smallest absolute Gasteiger partial charge is 0.156 e. The summed E-state index contributed by atoms with van der Waals surface area (Å²) in [6.45, 7) is 17.2. The first-order valence-electron chi connectivity index (χ1n) is 11.5. The molecule has 0 aromatic carbocycles. The van der Waals surface area contributed by atoms with Gasteiger partial charge in [-0.15, -0.1) is 0 Å². The first-order chi connectivity index (χ1) is 12.6. The maximum absolute atomic E-state index is 5.39. The van der Waals surface area contributed by atoms with Gasteiger partial charge < -0.3 is 5.32 Å². The third-order valence-electron chi connectivity index (χ3n) is 9.21. The van der Waals surface area contributed by atoms with Gasteiger partial charge in [0.05, 0.1) is 6.04 Å². The van der Waals surface area contributed by atoms with Crippen molar-refractivity contribution in [2.75, 3.05) is 6.26 Å². The van der Waals surface area contributed by atoms with Crippen LogP contribution in [0.5, 0.6) is 0 Å². The van der Waals surface area contributed by atoms with Crippen molar-refractivity contribution in [3.8, 4) is 0 Å². The molecule has 0 spiro atoms. The summed E-state index contributed by atoms with van der Waals surface area (Å²) in [6.07, 6.45) is 10.4. The fraction of sp³-hybridized carbons (Fsp3) is 0.958. The molecule has 0 aromatic heterocycles. The Balaban J connectivity index is 1.81. The molecule has 0 heterocycles. The first-order valence-corrected chi connectivity index (χ1v) is 12.7. The van der Waals surface area contributed by atoms with Gasteiger partial charge in [-0.05, 0) is 78.8 Å². The van der Waals surface area contributed by atoms with Crippen LogP contribution in [0.3, 0.4) is 0 Å². The van der Waals surface area contributed by atoms with Crippen LogP contribution in [0.4, 0.5) is 0 Å². The molecule has 5 unspecified atom stereocenters. The summed E-state index contributed by atoms with van der Waals surface area (Å²) in [5.41, 5.74) is 0.818. The van der Waals surface area contributed by atoms with Crippen molar-refractivity contribution >= 4 is 16.9 Å². The van der Waals surface area contributed by atoms with E-state index in [1.165, 1.54) is 43.7 Å². The summed E-state index contributed by atoms with van der Waals surface area (Å²) in [5.74, 6) is 3.89. The van der Waals surface area contributed by atoms with Crippen molar-refractivity contribution in [3.05, 3.63) is 0 Å². The Bertz CT molecular complexity index is 537. The van der Waals surface area contributed by atoms with Crippen molar-refractivity contribution < 1.29 is 0 Å². The first kappa shape index (κ1) is 21.5. The van der Waals surface area contributed by atoms with Crippen LogP contribution >= 0.6 is 11.8 Å². The van der Waals surface area contributed by atoms with Gasteiger partial charge >= 0.3 is 0 Å². The Morgan fingerprint density at radius 2 is 1.59 bits per heavy atom. The number of amidine groups is 1. The molecule has 156 valence electrons. The molecule has 2 bridgehead atoms. The predicted molar refractivity (Wildman–Crippen MR) is 121 cm³/mol. The van der Waals surface area contributed by atoms with E-state index in [2.05, 4.69) is 60.0 Å². The highest BCUT2D eigenvalue weighted by Gasteiger charge is 2.61. The van der Waals surface area contributed by atoms with E-state index in [0.29, 0.717) is 22.9 Å². The molecule has 1 N–H and O–H groups in total. The summed E-state index contributed by atoms with van der Waals surface area (Å²) in [7, 11) is 0. The number of fused-ring (bicyclic) bond motifs is 2. The lowest BCUT2D eigenvalue weighted by Crippen LogP contribution is -2.50. The zero-order chi connectivity index (χ0) is 20.0. The largest absolute Gasteiger partial charge is 0.362 e. The Hall–Kier alpha value is -0.180. The van der Waals surface area contributed by atoms with Crippen LogP contribution in [0.15, 0.2) is 4.99 Å². The lowest BCUT2D eigenvalue weighted by Gasteiger charge is -2.43. The minimum absolute atomic E-state index is 0.377. The maximum Gasteiger partial charge on any atom is 0.156 e. The molecule has 3 fully saturated rings. The number of hydrogen-bond acceptors (Lipinski definition) is 2. The summed E-state index contributed by atoms with van der Waals surface area (Å²) in [5, 5.41) is 5.23. The van der Waals surface area contributed by atoms with Gasteiger partial charge in [0.2, 0.25) is 0 Å². The molecule has 0 radical (unpaired) electrons. The second kappa shape index (κ2) is 7.92. The van der Waals surface area contributed by atoms with E-state index in [1.54, 1.807) is 0 Å². The number of nitrogens with zero attached hydrogens (tertiary/aromatic N) is 1. The SMILES string of the molecule is CSC(=NC1CC2CCC1(C)C2(C)C)NC1C(C(C)C)CCCC1C(C)C. The standard InChI is InChI=1S/C24H44N2S/c1-15(2)18-10-9-11-19(16(3)4)21(18)26-22(27-8)25-20-14-17-12-13-24(20,7)23(17,5)6/h15-21H,9-14H2,1-8H3,(H,25,26). The summed E-state index contributed by atoms with van der Waals surface area (Å²) in [6, 6.07) is 1.09. The zero-order valence-electron chi connectivity index (χ0n) is 19.1.